The summed E-state index contributed by atoms with van der Waals surface area (Å²) in [5, 5.41) is 13.3. The summed E-state index contributed by atoms with van der Waals surface area (Å²) in [6.07, 6.45) is 0.0245. The van der Waals surface area contributed by atoms with E-state index in [4.69, 9.17) is 0 Å². The summed E-state index contributed by atoms with van der Waals surface area (Å²) in [4.78, 5) is 4.97. The fraction of sp³-hybridized carbons (Fsp3) is 0.185. The van der Waals surface area contributed by atoms with Gasteiger partial charge < -0.3 is 5.11 Å². The van der Waals surface area contributed by atoms with Crippen molar-refractivity contribution in [2.45, 2.75) is 19.3 Å². The minimum absolute atomic E-state index is 0.0245. The first kappa shape index (κ1) is 18.9. The maximum atomic E-state index is 11.0. The molecule has 1 aliphatic rings. The lowest BCUT2D eigenvalue weighted by Gasteiger charge is -2.32. The first-order chi connectivity index (χ1) is 14.8. The summed E-state index contributed by atoms with van der Waals surface area (Å²) in [6, 6.07) is 33.4. The van der Waals surface area contributed by atoms with Crippen LogP contribution in [0.5, 0.6) is 5.75 Å². The fourth-order valence-corrected chi connectivity index (χ4v) is 4.62. The molecule has 0 bridgehead atoms. The van der Waals surface area contributed by atoms with Gasteiger partial charge in [0.25, 0.3) is 0 Å². The van der Waals surface area contributed by atoms with Crippen molar-refractivity contribution in [1.29, 1.82) is 0 Å². The number of aromatic hydroxyl groups is 1. The highest BCUT2D eigenvalue weighted by Crippen LogP contribution is 2.41. The third-order valence-corrected chi connectivity index (χ3v) is 6.03. The van der Waals surface area contributed by atoms with E-state index >= 15 is 0 Å². The Morgan fingerprint density at radius 2 is 1.17 bits per heavy atom. The molecule has 3 heteroatoms. The van der Waals surface area contributed by atoms with Gasteiger partial charge in [0.2, 0.25) is 0 Å². The van der Waals surface area contributed by atoms with Gasteiger partial charge >= 0.3 is 0 Å². The minimum atomic E-state index is 0.0245. The van der Waals surface area contributed by atoms with Crippen LogP contribution >= 0.6 is 0 Å². The molecule has 3 nitrogen and oxygen atoms in total. The average molecular weight is 395 g/mol. The van der Waals surface area contributed by atoms with E-state index in [0.29, 0.717) is 5.75 Å². The van der Waals surface area contributed by atoms with Gasteiger partial charge in [0, 0.05) is 31.7 Å². The maximum absolute atomic E-state index is 11.0. The standard InChI is InChI=1S/C27H26N2O/c30-25-16-15-23-13-7-8-14-24(23)26(25)27-28(19-21-9-3-1-4-10-21)17-18-29(27)20-22-11-5-2-6-12-22/h1-16,27,30H,17-20H2. The Balaban J connectivity index is 1.57. The van der Waals surface area contributed by atoms with Gasteiger partial charge in [-0.1, -0.05) is 91.0 Å². The van der Waals surface area contributed by atoms with Gasteiger partial charge in [-0.05, 0) is 28.0 Å². The number of benzene rings is 4. The number of nitrogens with zero attached hydrogens (tertiary/aromatic N) is 2. The van der Waals surface area contributed by atoms with E-state index in [9.17, 15) is 5.11 Å². The quantitative estimate of drug-likeness (QED) is 0.480. The van der Waals surface area contributed by atoms with Crippen molar-refractivity contribution >= 4 is 10.8 Å². The monoisotopic (exact) mass is 394 g/mol. The molecule has 0 radical (unpaired) electrons. The molecule has 1 fully saturated rings. The zero-order valence-electron chi connectivity index (χ0n) is 17.0. The molecule has 0 aromatic heterocycles. The molecule has 4 aromatic rings. The third-order valence-electron chi connectivity index (χ3n) is 6.03. The van der Waals surface area contributed by atoms with Gasteiger partial charge in [-0.15, -0.1) is 0 Å². The zero-order chi connectivity index (χ0) is 20.3. The number of hydrogen-bond donors (Lipinski definition) is 1. The molecular formula is C27H26N2O. The molecule has 0 atom stereocenters. The molecule has 150 valence electrons. The Morgan fingerprint density at radius 1 is 0.633 bits per heavy atom. The topological polar surface area (TPSA) is 26.7 Å². The molecule has 1 aliphatic heterocycles. The lowest BCUT2D eigenvalue weighted by atomic mass is 9.99. The van der Waals surface area contributed by atoms with Crippen LogP contribution in [0.4, 0.5) is 0 Å². The average Bonchev–Trinajstić information content (AvgIpc) is 3.16. The molecule has 5 rings (SSSR count). The summed E-state index contributed by atoms with van der Waals surface area (Å²) in [6.45, 7) is 3.66. The van der Waals surface area contributed by atoms with E-state index in [-0.39, 0.29) is 6.17 Å². The summed E-state index contributed by atoms with van der Waals surface area (Å²) < 4.78 is 0. The Labute approximate surface area is 177 Å². The lowest BCUT2D eigenvalue weighted by molar-refractivity contribution is 0.124. The smallest absolute Gasteiger partial charge is 0.122 e. The summed E-state index contributed by atoms with van der Waals surface area (Å²) in [5.41, 5.74) is 3.60. The van der Waals surface area contributed by atoms with E-state index < -0.39 is 0 Å². The van der Waals surface area contributed by atoms with Crippen LogP contribution < -0.4 is 0 Å². The summed E-state index contributed by atoms with van der Waals surface area (Å²) in [7, 11) is 0. The van der Waals surface area contributed by atoms with E-state index in [0.717, 1.165) is 42.5 Å². The van der Waals surface area contributed by atoms with Crippen LogP contribution in [-0.2, 0) is 13.1 Å². The van der Waals surface area contributed by atoms with Gasteiger partial charge in [-0.25, -0.2) is 0 Å². The molecule has 0 saturated carbocycles. The highest BCUT2D eigenvalue weighted by Gasteiger charge is 2.35. The van der Waals surface area contributed by atoms with Crippen molar-refractivity contribution in [3.8, 4) is 5.75 Å². The highest BCUT2D eigenvalue weighted by atomic mass is 16.3. The molecule has 0 unspecified atom stereocenters. The second-order valence-corrected chi connectivity index (χ2v) is 8.01. The van der Waals surface area contributed by atoms with Crippen LogP contribution in [0.1, 0.15) is 22.9 Å². The first-order valence-electron chi connectivity index (χ1n) is 10.6. The lowest BCUT2D eigenvalue weighted by Crippen LogP contribution is -2.30. The molecule has 1 N–H and O–H groups in total. The molecule has 0 aliphatic carbocycles. The fourth-order valence-electron chi connectivity index (χ4n) is 4.62. The number of hydrogen-bond acceptors (Lipinski definition) is 3. The molecule has 1 saturated heterocycles. The predicted molar refractivity (Wildman–Crippen MR) is 122 cm³/mol. The van der Waals surface area contributed by atoms with Gasteiger partial charge in [0.1, 0.15) is 5.75 Å². The van der Waals surface area contributed by atoms with Crippen molar-refractivity contribution in [2.75, 3.05) is 13.1 Å². The van der Waals surface area contributed by atoms with Crippen LogP contribution in [0.2, 0.25) is 0 Å². The Kier molecular flexibility index (Phi) is 5.22. The van der Waals surface area contributed by atoms with Crippen molar-refractivity contribution in [3.63, 3.8) is 0 Å². The highest BCUT2D eigenvalue weighted by molar-refractivity contribution is 5.88. The second-order valence-electron chi connectivity index (χ2n) is 8.01. The Morgan fingerprint density at radius 3 is 1.77 bits per heavy atom. The van der Waals surface area contributed by atoms with Crippen molar-refractivity contribution < 1.29 is 5.11 Å². The number of rotatable bonds is 5. The molecule has 1 heterocycles. The van der Waals surface area contributed by atoms with Crippen LogP contribution in [0.15, 0.2) is 97.1 Å². The van der Waals surface area contributed by atoms with Crippen LogP contribution in [0.25, 0.3) is 10.8 Å². The van der Waals surface area contributed by atoms with Crippen molar-refractivity contribution in [2.24, 2.45) is 0 Å². The molecule has 4 aromatic carbocycles. The Bertz CT molecular complexity index is 1080. The molecular weight excluding hydrogens is 368 g/mol. The predicted octanol–water partition coefficient (Wildman–Crippen LogP) is 5.56. The van der Waals surface area contributed by atoms with Crippen LogP contribution in [0, 0.1) is 0 Å². The zero-order valence-corrected chi connectivity index (χ0v) is 17.0. The van der Waals surface area contributed by atoms with Crippen LogP contribution in [0.3, 0.4) is 0 Å². The van der Waals surface area contributed by atoms with Gasteiger partial charge in [-0.3, -0.25) is 9.80 Å². The SMILES string of the molecule is Oc1ccc2ccccc2c1C1N(Cc2ccccc2)CCN1Cc1ccccc1. The van der Waals surface area contributed by atoms with Crippen molar-refractivity contribution in [3.05, 3.63) is 114 Å². The van der Waals surface area contributed by atoms with E-state index in [2.05, 4.69) is 94.7 Å². The van der Waals surface area contributed by atoms with E-state index in [1.165, 1.54) is 11.1 Å². The normalized spacial score (nSPS) is 15.7. The number of phenols is 1. The first-order valence-corrected chi connectivity index (χ1v) is 10.6. The van der Waals surface area contributed by atoms with E-state index in [1.807, 2.05) is 12.1 Å². The molecule has 30 heavy (non-hydrogen) atoms. The largest absolute Gasteiger partial charge is 0.508 e. The maximum Gasteiger partial charge on any atom is 0.122 e. The molecule has 0 spiro atoms. The van der Waals surface area contributed by atoms with Gasteiger partial charge in [0.15, 0.2) is 0 Å². The van der Waals surface area contributed by atoms with E-state index in [1.54, 1.807) is 0 Å². The number of fused-ring (bicyclic) bond motifs is 1. The van der Waals surface area contributed by atoms with Gasteiger partial charge in [0.05, 0.1) is 6.17 Å². The number of phenolic OH excluding ortho intramolecular Hbond substituents is 1. The summed E-state index contributed by atoms with van der Waals surface area (Å²) >= 11 is 0. The van der Waals surface area contributed by atoms with Crippen molar-refractivity contribution in [1.82, 2.24) is 9.80 Å². The minimum Gasteiger partial charge on any atom is -0.508 e. The Hall–Kier alpha value is -3.14. The third kappa shape index (κ3) is 3.70. The molecule has 0 amide bonds. The second kappa shape index (κ2) is 8.31. The van der Waals surface area contributed by atoms with Crippen LogP contribution in [-0.4, -0.2) is 28.0 Å². The van der Waals surface area contributed by atoms with Gasteiger partial charge in [-0.2, -0.15) is 0 Å². The summed E-state index contributed by atoms with van der Waals surface area (Å²) in [5.74, 6) is 0.372.